The molecule has 0 saturated carbocycles. The fourth-order valence-electron chi connectivity index (χ4n) is 2.79. The third-order valence-corrected chi connectivity index (χ3v) is 4.85. The summed E-state index contributed by atoms with van der Waals surface area (Å²) < 4.78 is 11.0. The van der Waals surface area contributed by atoms with Crippen LogP contribution < -0.4 is 5.32 Å². The molecule has 1 aliphatic heterocycles. The van der Waals surface area contributed by atoms with Crippen LogP contribution in [0.25, 0.3) is 10.8 Å². The van der Waals surface area contributed by atoms with Crippen LogP contribution in [0, 0.1) is 6.92 Å². The van der Waals surface area contributed by atoms with Crippen molar-refractivity contribution in [1.82, 2.24) is 15.2 Å². The number of aromatic nitrogens is 1. The Morgan fingerprint density at radius 1 is 1.46 bits per heavy atom. The number of carbonyl (C=O) groups is 1. The van der Waals surface area contributed by atoms with Crippen molar-refractivity contribution < 1.29 is 13.9 Å². The van der Waals surface area contributed by atoms with Crippen LogP contribution in [0.3, 0.4) is 0 Å². The molecule has 2 aromatic heterocycles. The zero-order valence-corrected chi connectivity index (χ0v) is 14.9. The number of nitrogens with one attached hydrogen (secondary N) is 1. The van der Waals surface area contributed by atoms with Crippen LogP contribution in [0.4, 0.5) is 0 Å². The topological polar surface area (TPSA) is 67.6 Å². The Balaban J connectivity index is 1.53. The van der Waals surface area contributed by atoms with Crippen molar-refractivity contribution in [2.45, 2.75) is 26.3 Å². The van der Waals surface area contributed by atoms with Crippen LogP contribution in [0.5, 0.6) is 0 Å². The molecule has 1 aliphatic rings. The number of oxazole rings is 1. The van der Waals surface area contributed by atoms with Crippen molar-refractivity contribution >= 4 is 17.2 Å². The molecule has 1 atom stereocenters. The SMILES string of the molecule is Cc1oc(-c2cccs2)nc1CC(=O)N[C@@H](C)CN1CCOCC1. The molecule has 3 heterocycles. The first-order valence-corrected chi connectivity index (χ1v) is 9.09. The molecule has 0 spiro atoms. The van der Waals surface area contributed by atoms with Crippen molar-refractivity contribution in [1.29, 1.82) is 0 Å². The second-order valence-corrected chi connectivity index (χ2v) is 7.01. The lowest BCUT2D eigenvalue weighted by molar-refractivity contribution is -0.121. The summed E-state index contributed by atoms with van der Waals surface area (Å²) in [5, 5.41) is 5.03. The molecule has 24 heavy (non-hydrogen) atoms. The van der Waals surface area contributed by atoms with Crippen LogP contribution in [0.2, 0.25) is 0 Å². The van der Waals surface area contributed by atoms with E-state index >= 15 is 0 Å². The van der Waals surface area contributed by atoms with Gasteiger partial charge in [0.1, 0.15) is 5.76 Å². The molecule has 1 saturated heterocycles. The largest absolute Gasteiger partial charge is 0.440 e. The Kier molecular flexibility index (Phi) is 5.65. The molecule has 6 nitrogen and oxygen atoms in total. The molecular weight excluding hydrogens is 326 g/mol. The number of rotatable bonds is 6. The number of morpholine rings is 1. The van der Waals surface area contributed by atoms with Gasteiger partial charge in [0.2, 0.25) is 11.8 Å². The van der Waals surface area contributed by atoms with Gasteiger partial charge in [-0.05, 0) is 25.3 Å². The van der Waals surface area contributed by atoms with E-state index in [2.05, 4.69) is 15.2 Å². The molecule has 0 aromatic carbocycles. The highest BCUT2D eigenvalue weighted by Crippen LogP contribution is 2.26. The Labute approximate surface area is 145 Å². The van der Waals surface area contributed by atoms with Crippen LogP contribution in [0.1, 0.15) is 18.4 Å². The van der Waals surface area contributed by atoms with E-state index in [-0.39, 0.29) is 18.4 Å². The monoisotopic (exact) mass is 349 g/mol. The normalized spacial score (nSPS) is 16.9. The summed E-state index contributed by atoms with van der Waals surface area (Å²) in [4.78, 5) is 20.0. The van der Waals surface area contributed by atoms with Gasteiger partial charge in [-0.15, -0.1) is 11.3 Å². The first-order valence-electron chi connectivity index (χ1n) is 8.21. The van der Waals surface area contributed by atoms with Gasteiger partial charge < -0.3 is 14.5 Å². The minimum absolute atomic E-state index is 0.0233. The number of amides is 1. The summed E-state index contributed by atoms with van der Waals surface area (Å²) in [6, 6.07) is 4.02. The average Bonchev–Trinajstić information content (AvgIpc) is 3.18. The number of hydrogen-bond acceptors (Lipinski definition) is 6. The third kappa shape index (κ3) is 4.43. The average molecular weight is 349 g/mol. The van der Waals surface area contributed by atoms with Crippen molar-refractivity contribution in [3.8, 4) is 10.8 Å². The maximum atomic E-state index is 12.3. The molecule has 0 aliphatic carbocycles. The van der Waals surface area contributed by atoms with Gasteiger partial charge in [-0.2, -0.15) is 0 Å². The van der Waals surface area contributed by atoms with Crippen molar-refractivity contribution in [2.75, 3.05) is 32.8 Å². The Morgan fingerprint density at radius 3 is 2.96 bits per heavy atom. The van der Waals surface area contributed by atoms with Gasteiger partial charge in [0.15, 0.2) is 0 Å². The number of nitrogens with zero attached hydrogens (tertiary/aromatic N) is 2. The minimum Gasteiger partial charge on any atom is -0.440 e. The molecule has 1 amide bonds. The van der Waals surface area contributed by atoms with E-state index in [0.29, 0.717) is 17.3 Å². The fraction of sp³-hybridized carbons (Fsp3) is 0.529. The zero-order chi connectivity index (χ0) is 16.9. The molecule has 3 rings (SSSR count). The highest BCUT2D eigenvalue weighted by molar-refractivity contribution is 7.13. The lowest BCUT2D eigenvalue weighted by atomic mass is 10.2. The number of carbonyl (C=O) groups excluding carboxylic acids is 1. The van der Waals surface area contributed by atoms with Gasteiger partial charge in [0.05, 0.1) is 30.2 Å². The Hall–Kier alpha value is -1.70. The smallest absolute Gasteiger partial charge is 0.236 e. The van der Waals surface area contributed by atoms with Gasteiger partial charge in [-0.1, -0.05) is 6.07 Å². The summed E-state index contributed by atoms with van der Waals surface area (Å²) >= 11 is 1.57. The van der Waals surface area contributed by atoms with Crippen molar-refractivity contribution in [3.63, 3.8) is 0 Å². The molecule has 130 valence electrons. The van der Waals surface area contributed by atoms with Crippen molar-refractivity contribution in [2.24, 2.45) is 0 Å². The molecule has 2 aromatic rings. The number of hydrogen-bond donors (Lipinski definition) is 1. The second kappa shape index (κ2) is 7.92. The van der Waals surface area contributed by atoms with E-state index in [4.69, 9.17) is 9.15 Å². The van der Waals surface area contributed by atoms with Gasteiger partial charge in [0, 0.05) is 25.7 Å². The quantitative estimate of drug-likeness (QED) is 0.865. The number of ether oxygens (including phenoxy) is 1. The molecule has 0 unspecified atom stereocenters. The van der Waals surface area contributed by atoms with E-state index in [0.717, 1.165) is 37.7 Å². The van der Waals surface area contributed by atoms with E-state index in [1.54, 1.807) is 11.3 Å². The maximum Gasteiger partial charge on any atom is 0.236 e. The molecule has 1 N–H and O–H groups in total. The highest BCUT2D eigenvalue weighted by atomic mass is 32.1. The van der Waals surface area contributed by atoms with Gasteiger partial charge in [-0.25, -0.2) is 4.98 Å². The van der Waals surface area contributed by atoms with Crippen LogP contribution in [-0.4, -0.2) is 54.7 Å². The van der Waals surface area contributed by atoms with E-state index in [1.165, 1.54) is 0 Å². The lowest BCUT2D eigenvalue weighted by Crippen LogP contribution is -2.46. The second-order valence-electron chi connectivity index (χ2n) is 6.06. The van der Waals surface area contributed by atoms with Gasteiger partial charge in [0.25, 0.3) is 0 Å². The van der Waals surface area contributed by atoms with E-state index in [1.807, 2.05) is 31.4 Å². The maximum absolute atomic E-state index is 12.3. The Morgan fingerprint density at radius 2 is 2.25 bits per heavy atom. The molecular formula is C17H23N3O3S. The number of aryl methyl sites for hydroxylation is 1. The first-order chi connectivity index (χ1) is 11.6. The summed E-state index contributed by atoms with van der Waals surface area (Å²) in [5.41, 5.74) is 0.703. The molecule has 7 heteroatoms. The predicted molar refractivity (Wildman–Crippen MR) is 93.1 cm³/mol. The highest BCUT2D eigenvalue weighted by Gasteiger charge is 2.18. The van der Waals surface area contributed by atoms with Crippen LogP contribution >= 0.6 is 11.3 Å². The zero-order valence-electron chi connectivity index (χ0n) is 14.1. The lowest BCUT2D eigenvalue weighted by Gasteiger charge is -2.29. The minimum atomic E-state index is -0.0233. The predicted octanol–water partition coefficient (Wildman–Crippen LogP) is 2.09. The summed E-state index contributed by atoms with van der Waals surface area (Å²) in [6.45, 7) is 8.10. The van der Waals surface area contributed by atoms with E-state index in [9.17, 15) is 4.79 Å². The van der Waals surface area contributed by atoms with Gasteiger partial charge >= 0.3 is 0 Å². The van der Waals surface area contributed by atoms with Crippen LogP contribution in [0.15, 0.2) is 21.9 Å². The van der Waals surface area contributed by atoms with Gasteiger partial charge in [-0.3, -0.25) is 9.69 Å². The van der Waals surface area contributed by atoms with Crippen molar-refractivity contribution in [3.05, 3.63) is 29.0 Å². The molecule has 1 fully saturated rings. The summed E-state index contributed by atoms with van der Waals surface area (Å²) in [7, 11) is 0. The number of thiophene rings is 1. The molecule has 0 radical (unpaired) electrons. The third-order valence-electron chi connectivity index (χ3n) is 4.00. The summed E-state index contributed by atoms with van der Waals surface area (Å²) in [5.74, 6) is 1.27. The van der Waals surface area contributed by atoms with Crippen LogP contribution in [-0.2, 0) is 16.0 Å². The fourth-order valence-corrected chi connectivity index (χ4v) is 3.44. The Bertz CT molecular complexity index is 663. The van der Waals surface area contributed by atoms with E-state index < -0.39 is 0 Å². The standard InChI is InChI=1S/C17H23N3O3S/c1-12(11-20-5-7-22-8-6-20)18-16(21)10-14-13(2)23-17(19-14)15-4-3-9-24-15/h3-4,9,12H,5-8,10-11H2,1-2H3,(H,18,21)/t12-/m0/s1. The molecule has 0 bridgehead atoms. The first kappa shape index (κ1) is 17.1. The summed E-state index contributed by atoms with van der Waals surface area (Å²) in [6.07, 6.45) is 0.244.